The molecule has 0 spiro atoms. The predicted octanol–water partition coefficient (Wildman–Crippen LogP) is 5.66. The van der Waals surface area contributed by atoms with Crippen LogP contribution in [0.1, 0.15) is 68.4 Å². The Bertz CT molecular complexity index is 825. The van der Waals surface area contributed by atoms with Gasteiger partial charge in [0.2, 0.25) is 5.91 Å². The first-order chi connectivity index (χ1) is 14.7. The Morgan fingerprint density at radius 1 is 1.13 bits per heavy atom. The van der Waals surface area contributed by atoms with Gasteiger partial charge in [0.25, 0.3) is 0 Å². The maximum atomic E-state index is 13.6. The zero-order valence-electron chi connectivity index (χ0n) is 17.7. The lowest BCUT2D eigenvalue weighted by molar-refractivity contribution is -0.121. The van der Waals surface area contributed by atoms with Crippen LogP contribution in [0, 0.1) is 23.6 Å². The molecule has 3 nitrogen and oxygen atoms in total. The number of hydrogen-bond donors (Lipinski definition) is 1. The fourth-order valence-electron chi connectivity index (χ4n) is 5.41. The molecule has 4 atom stereocenters. The van der Waals surface area contributed by atoms with Crippen molar-refractivity contribution in [3.05, 3.63) is 65.7 Å². The van der Waals surface area contributed by atoms with E-state index in [1.54, 1.807) is 12.3 Å². The molecule has 1 N–H and O–H groups in total. The number of nitrogens with zero attached hydrogens (tertiary/aromatic N) is 1. The normalized spacial score (nSPS) is 25.2. The molecule has 160 valence electrons. The number of halogens is 1. The third-order valence-corrected chi connectivity index (χ3v) is 7.05. The number of aryl methyl sites for hydroxylation is 1. The molecule has 0 saturated heterocycles. The number of nitrogens with one attached hydrogen (secondary N) is 1. The Kier molecular flexibility index (Phi) is 7.14. The number of hydrogen-bond acceptors (Lipinski definition) is 2. The van der Waals surface area contributed by atoms with Gasteiger partial charge >= 0.3 is 0 Å². The summed E-state index contributed by atoms with van der Waals surface area (Å²) in [5.41, 5.74) is 2.43. The average Bonchev–Trinajstić information content (AvgIpc) is 3.37. The van der Waals surface area contributed by atoms with E-state index in [9.17, 15) is 9.18 Å². The maximum Gasteiger partial charge on any atom is 0.220 e. The maximum absolute atomic E-state index is 13.6. The molecule has 2 aliphatic rings. The van der Waals surface area contributed by atoms with Gasteiger partial charge in [-0.2, -0.15) is 0 Å². The monoisotopic (exact) mass is 408 g/mol. The van der Waals surface area contributed by atoms with Crippen LogP contribution in [0.25, 0.3) is 0 Å². The van der Waals surface area contributed by atoms with Crippen LogP contribution in [0.5, 0.6) is 0 Å². The van der Waals surface area contributed by atoms with Gasteiger partial charge in [0.15, 0.2) is 0 Å². The van der Waals surface area contributed by atoms with Crippen LogP contribution in [0.3, 0.4) is 0 Å². The molecule has 4 rings (SSSR count). The van der Waals surface area contributed by atoms with Crippen molar-refractivity contribution in [3.8, 4) is 0 Å². The molecule has 1 amide bonds. The second kappa shape index (κ2) is 10.2. The zero-order valence-corrected chi connectivity index (χ0v) is 17.7. The van der Waals surface area contributed by atoms with Crippen LogP contribution in [0.4, 0.5) is 4.39 Å². The first-order valence-electron chi connectivity index (χ1n) is 11.6. The van der Waals surface area contributed by atoms with Gasteiger partial charge in [-0.1, -0.05) is 24.6 Å². The van der Waals surface area contributed by atoms with Gasteiger partial charge in [-0.3, -0.25) is 9.78 Å². The third-order valence-electron chi connectivity index (χ3n) is 7.05. The van der Waals surface area contributed by atoms with Crippen LogP contribution in [0.15, 0.2) is 48.8 Å². The smallest absolute Gasteiger partial charge is 0.220 e. The van der Waals surface area contributed by atoms with E-state index in [0.29, 0.717) is 24.2 Å². The van der Waals surface area contributed by atoms with Crippen molar-refractivity contribution in [1.82, 2.24) is 10.3 Å². The van der Waals surface area contributed by atoms with E-state index < -0.39 is 0 Å². The van der Waals surface area contributed by atoms with E-state index in [1.807, 2.05) is 18.3 Å². The second-order valence-corrected chi connectivity index (χ2v) is 9.12. The molecule has 2 aromatic rings. The first kappa shape index (κ1) is 21.0. The number of rotatable bonds is 10. The Morgan fingerprint density at radius 2 is 2.07 bits per heavy atom. The first-order valence-corrected chi connectivity index (χ1v) is 11.6. The number of aromatic nitrogens is 1. The lowest BCUT2D eigenvalue weighted by atomic mass is 9.84. The van der Waals surface area contributed by atoms with E-state index >= 15 is 0 Å². The van der Waals surface area contributed by atoms with Crippen molar-refractivity contribution >= 4 is 5.91 Å². The lowest BCUT2D eigenvalue weighted by Crippen LogP contribution is -2.24. The molecule has 1 aromatic carbocycles. The second-order valence-electron chi connectivity index (χ2n) is 9.12. The lowest BCUT2D eigenvalue weighted by Gasteiger charge is -2.20. The molecule has 2 aliphatic carbocycles. The number of amides is 1. The van der Waals surface area contributed by atoms with E-state index in [2.05, 4.69) is 22.4 Å². The van der Waals surface area contributed by atoms with Gasteiger partial charge in [0, 0.05) is 25.4 Å². The summed E-state index contributed by atoms with van der Waals surface area (Å²) in [5.74, 6) is 2.66. The molecule has 4 heteroatoms. The van der Waals surface area contributed by atoms with Gasteiger partial charge in [-0.25, -0.2) is 4.39 Å². The summed E-state index contributed by atoms with van der Waals surface area (Å²) in [5, 5.41) is 3.08. The number of unbranched alkanes of at least 4 members (excludes halogenated alkanes) is 1. The molecule has 0 radical (unpaired) electrons. The summed E-state index contributed by atoms with van der Waals surface area (Å²) in [4.78, 5) is 16.3. The van der Waals surface area contributed by atoms with E-state index in [4.69, 9.17) is 0 Å². The molecule has 1 aromatic heterocycles. The van der Waals surface area contributed by atoms with Crippen LogP contribution in [0.2, 0.25) is 0 Å². The number of carbonyl (C=O) groups excluding carboxylic acids is 1. The van der Waals surface area contributed by atoms with Gasteiger partial charge in [-0.05, 0) is 97.9 Å². The van der Waals surface area contributed by atoms with Gasteiger partial charge < -0.3 is 5.32 Å². The van der Waals surface area contributed by atoms with E-state index in [-0.39, 0.29) is 11.7 Å². The minimum Gasteiger partial charge on any atom is -0.356 e. The Labute approximate surface area is 179 Å². The highest BCUT2D eigenvalue weighted by Crippen LogP contribution is 2.56. The van der Waals surface area contributed by atoms with Gasteiger partial charge in [-0.15, -0.1) is 0 Å². The highest BCUT2D eigenvalue weighted by molar-refractivity contribution is 5.75. The molecule has 1 heterocycles. The molecule has 2 saturated carbocycles. The SMILES string of the molecule is O=C(CCC1CC1C1CCCC1c1cccc(F)c1)NCCCCc1cccnc1. The minimum absolute atomic E-state index is 0.123. The van der Waals surface area contributed by atoms with Crippen LogP contribution in [-0.2, 0) is 11.2 Å². The Morgan fingerprint density at radius 3 is 2.90 bits per heavy atom. The summed E-state index contributed by atoms with van der Waals surface area (Å²) in [6, 6.07) is 11.2. The van der Waals surface area contributed by atoms with E-state index in [0.717, 1.165) is 38.1 Å². The molecular formula is C26H33FN2O. The summed E-state index contributed by atoms with van der Waals surface area (Å²) in [6.07, 6.45) is 13.4. The highest BCUT2D eigenvalue weighted by Gasteiger charge is 2.47. The van der Waals surface area contributed by atoms with Gasteiger partial charge in [0.05, 0.1) is 0 Å². The molecule has 30 heavy (non-hydrogen) atoms. The molecular weight excluding hydrogens is 375 g/mol. The predicted molar refractivity (Wildman–Crippen MR) is 117 cm³/mol. The van der Waals surface area contributed by atoms with Gasteiger partial charge in [0.1, 0.15) is 5.82 Å². The molecule has 0 bridgehead atoms. The van der Waals surface area contributed by atoms with Crippen molar-refractivity contribution in [2.24, 2.45) is 17.8 Å². The molecule has 2 fully saturated rings. The van der Waals surface area contributed by atoms with Crippen molar-refractivity contribution in [2.75, 3.05) is 6.54 Å². The summed E-state index contributed by atoms with van der Waals surface area (Å²) < 4.78 is 13.6. The summed E-state index contributed by atoms with van der Waals surface area (Å²) in [7, 11) is 0. The molecule has 4 unspecified atom stereocenters. The topological polar surface area (TPSA) is 42.0 Å². The molecule has 0 aliphatic heterocycles. The zero-order chi connectivity index (χ0) is 20.8. The Balaban J connectivity index is 1.12. The number of pyridine rings is 1. The summed E-state index contributed by atoms with van der Waals surface area (Å²) in [6.45, 7) is 0.761. The van der Waals surface area contributed by atoms with Crippen molar-refractivity contribution in [2.45, 2.75) is 63.7 Å². The number of benzene rings is 1. The Hall–Kier alpha value is -2.23. The fraction of sp³-hybridized carbons (Fsp3) is 0.538. The standard InChI is InChI=1S/C26H33FN2O/c27-22-9-3-8-20(16-22)23-10-4-11-24(23)25-17-21(25)12-13-26(30)29-15-2-1-6-19-7-5-14-28-18-19/h3,5,7-9,14,16,18,21,23-25H,1-2,4,6,10-13,15,17H2,(H,29,30). The summed E-state index contributed by atoms with van der Waals surface area (Å²) >= 11 is 0. The number of carbonyl (C=O) groups is 1. The van der Waals surface area contributed by atoms with Crippen LogP contribution in [-0.4, -0.2) is 17.4 Å². The minimum atomic E-state index is -0.123. The third kappa shape index (κ3) is 5.68. The largest absolute Gasteiger partial charge is 0.356 e. The quantitative estimate of drug-likeness (QED) is 0.516. The van der Waals surface area contributed by atoms with Crippen molar-refractivity contribution < 1.29 is 9.18 Å². The van der Waals surface area contributed by atoms with Crippen molar-refractivity contribution in [1.29, 1.82) is 0 Å². The van der Waals surface area contributed by atoms with Crippen LogP contribution < -0.4 is 5.32 Å². The average molecular weight is 409 g/mol. The fourth-order valence-corrected chi connectivity index (χ4v) is 5.41. The highest BCUT2D eigenvalue weighted by atomic mass is 19.1. The van der Waals surface area contributed by atoms with Crippen LogP contribution >= 0.6 is 0 Å². The van der Waals surface area contributed by atoms with E-state index in [1.165, 1.54) is 42.9 Å². The van der Waals surface area contributed by atoms with Crippen molar-refractivity contribution in [3.63, 3.8) is 0 Å².